The molecule has 2 amide bonds. The van der Waals surface area contributed by atoms with Gasteiger partial charge in [-0.15, -0.1) is 0 Å². The number of nitrogens with zero attached hydrogens (tertiary/aromatic N) is 8. The fraction of sp³-hybridized carbons (Fsp3) is 0.562. The average molecular weight is 693 g/mol. The SMILES string of the molecule is C=CC(=O)N1CCN(c2nc(OC[C@H]3CC(F)CN3C(=O)OC(C)(C)C)nc3c2CCN(c2cncc(F)c2C(F)(F)F)C3)C[C@@H]1CC#N. The van der Waals surface area contributed by atoms with Crippen molar-refractivity contribution in [3.8, 4) is 12.1 Å². The lowest BCUT2D eigenvalue weighted by molar-refractivity contribution is -0.139. The maximum atomic E-state index is 14.5. The molecule has 0 aliphatic carbocycles. The van der Waals surface area contributed by atoms with Crippen molar-refractivity contribution < 1.29 is 41.0 Å². The number of hydrogen-bond donors (Lipinski definition) is 0. The first-order chi connectivity index (χ1) is 23.1. The molecule has 2 aromatic rings. The minimum atomic E-state index is -4.98. The lowest BCUT2D eigenvalue weighted by Crippen LogP contribution is -2.55. The highest BCUT2D eigenvalue weighted by Gasteiger charge is 2.41. The van der Waals surface area contributed by atoms with Crippen molar-refractivity contribution in [3.05, 3.63) is 47.7 Å². The van der Waals surface area contributed by atoms with E-state index in [1.54, 1.807) is 25.7 Å². The predicted molar refractivity (Wildman–Crippen MR) is 166 cm³/mol. The maximum Gasteiger partial charge on any atom is 0.421 e. The highest BCUT2D eigenvalue weighted by molar-refractivity contribution is 5.87. The number of pyridine rings is 1. The van der Waals surface area contributed by atoms with E-state index in [1.165, 1.54) is 15.9 Å². The molecule has 0 bridgehead atoms. The summed E-state index contributed by atoms with van der Waals surface area (Å²) < 4.78 is 82.2. The van der Waals surface area contributed by atoms with Gasteiger partial charge < -0.3 is 24.2 Å². The summed E-state index contributed by atoms with van der Waals surface area (Å²) in [7, 11) is 0. The first kappa shape index (κ1) is 35.6. The molecule has 3 aliphatic rings. The molecule has 0 N–H and O–H groups in total. The van der Waals surface area contributed by atoms with Crippen LogP contribution in [0.15, 0.2) is 25.0 Å². The van der Waals surface area contributed by atoms with Gasteiger partial charge in [-0.25, -0.2) is 13.6 Å². The maximum absolute atomic E-state index is 14.5. The number of halogens is 5. The van der Waals surface area contributed by atoms with Crippen LogP contribution in [-0.4, -0.2) is 99.9 Å². The number of carbonyl (C=O) groups excluding carboxylic acids is 2. The van der Waals surface area contributed by atoms with Crippen LogP contribution < -0.4 is 14.5 Å². The van der Waals surface area contributed by atoms with Crippen molar-refractivity contribution in [1.29, 1.82) is 5.26 Å². The monoisotopic (exact) mass is 692 g/mol. The molecule has 0 spiro atoms. The first-order valence-electron chi connectivity index (χ1n) is 15.8. The van der Waals surface area contributed by atoms with E-state index in [0.29, 0.717) is 29.8 Å². The second kappa shape index (κ2) is 14.0. The third kappa shape index (κ3) is 7.94. The quantitative estimate of drug-likeness (QED) is 0.304. The molecule has 2 aromatic heterocycles. The molecule has 5 rings (SSSR count). The number of rotatable bonds is 7. The largest absolute Gasteiger partial charge is 0.461 e. The number of nitriles is 1. The number of ether oxygens (including phenoxy) is 2. The highest BCUT2D eigenvalue weighted by atomic mass is 19.4. The molecule has 49 heavy (non-hydrogen) atoms. The standard InChI is InChI=1S/C32H37F5N8O4/c1-5-26(46)44-11-10-43(16-20(44)6-8-38)28-22-7-9-42(25-14-39-13-23(34)27(25)32(35,36)37)17-24(22)40-29(41-28)48-18-21-12-19(33)15-45(21)30(47)49-31(2,3)4/h5,13-14,19-21H,1,6-7,9-12,15-18H2,2-4H3/t19?,20-,21+/m0/s1. The van der Waals surface area contributed by atoms with Crippen LogP contribution in [0.2, 0.25) is 0 Å². The smallest absolute Gasteiger partial charge is 0.421 e. The summed E-state index contributed by atoms with van der Waals surface area (Å²) in [6, 6.07) is 0.708. The summed E-state index contributed by atoms with van der Waals surface area (Å²) in [5.41, 5.74) is -1.78. The van der Waals surface area contributed by atoms with Gasteiger partial charge >= 0.3 is 18.3 Å². The molecule has 12 nitrogen and oxygen atoms in total. The van der Waals surface area contributed by atoms with Crippen LogP contribution in [0.4, 0.5) is 38.3 Å². The number of alkyl halides is 4. The molecule has 17 heteroatoms. The Morgan fingerprint density at radius 3 is 2.51 bits per heavy atom. The van der Waals surface area contributed by atoms with Crippen LogP contribution in [-0.2, 0) is 28.7 Å². The van der Waals surface area contributed by atoms with E-state index in [1.807, 2.05) is 4.90 Å². The van der Waals surface area contributed by atoms with E-state index in [-0.39, 0.29) is 70.5 Å². The average Bonchev–Trinajstić information content (AvgIpc) is 3.41. The van der Waals surface area contributed by atoms with Crippen molar-refractivity contribution in [2.24, 2.45) is 0 Å². The van der Waals surface area contributed by atoms with E-state index in [0.717, 1.165) is 6.20 Å². The Morgan fingerprint density at radius 1 is 1.08 bits per heavy atom. The van der Waals surface area contributed by atoms with E-state index in [4.69, 9.17) is 9.47 Å². The van der Waals surface area contributed by atoms with Crippen molar-refractivity contribution >= 4 is 23.5 Å². The fourth-order valence-corrected chi connectivity index (χ4v) is 6.33. The number of fused-ring (bicyclic) bond motifs is 1. The molecule has 3 atom stereocenters. The van der Waals surface area contributed by atoms with Crippen LogP contribution in [0.1, 0.15) is 50.4 Å². The molecule has 2 fully saturated rings. The third-order valence-corrected chi connectivity index (χ3v) is 8.49. The Hall–Kier alpha value is -4.75. The van der Waals surface area contributed by atoms with Crippen LogP contribution >= 0.6 is 0 Å². The Bertz CT molecular complexity index is 1630. The molecule has 264 valence electrons. The second-order valence-electron chi connectivity index (χ2n) is 13.1. The Morgan fingerprint density at radius 2 is 1.84 bits per heavy atom. The number of amides is 2. The first-order valence-corrected chi connectivity index (χ1v) is 15.8. The van der Waals surface area contributed by atoms with E-state index < -0.39 is 53.2 Å². The lowest BCUT2D eigenvalue weighted by atomic mass is 10.0. The third-order valence-electron chi connectivity index (χ3n) is 8.49. The van der Waals surface area contributed by atoms with Gasteiger partial charge in [0.05, 0.1) is 61.4 Å². The summed E-state index contributed by atoms with van der Waals surface area (Å²) in [4.78, 5) is 44.2. The molecular weight excluding hydrogens is 655 g/mol. The van der Waals surface area contributed by atoms with Crippen LogP contribution in [0.3, 0.4) is 0 Å². The minimum absolute atomic E-state index is 0.0211. The predicted octanol–water partition coefficient (Wildman–Crippen LogP) is 4.44. The number of likely N-dealkylation sites (tertiary alicyclic amines) is 1. The Balaban J connectivity index is 1.48. The number of anilines is 2. The van der Waals surface area contributed by atoms with Crippen molar-refractivity contribution in [1.82, 2.24) is 24.8 Å². The van der Waals surface area contributed by atoms with Crippen molar-refractivity contribution in [2.75, 3.05) is 49.1 Å². The summed E-state index contributed by atoms with van der Waals surface area (Å²) in [5, 5.41) is 9.48. The topological polar surface area (TPSA) is 128 Å². The van der Waals surface area contributed by atoms with Gasteiger partial charge in [0, 0.05) is 38.2 Å². The number of carbonyl (C=O) groups is 2. The van der Waals surface area contributed by atoms with Crippen LogP contribution in [0.5, 0.6) is 6.01 Å². The second-order valence-corrected chi connectivity index (χ2v) is 13.1. The molecule has 0 radical (unpaired) electrons. The number of piperazine rings is 1. The molecule has 1 unspecified atom stereocenters. The molecule has 5 heterocycles. The van der Waals surface area contributed by atoms with Gasteiger partial charge in [0.15, 0.2) is 5.82 Å². The molecule has 2 saturated heterocycles. The van der Waals surface area contributed by atoms with Crippen LogP contribution in [0.25, 0.3) is 0 Å². The van der Waals surface area contributed by atoms with Gasteiger partial charge in [0.2, 0.25) is 5.91 Å². The van der Waals surface area contributed by atoms with E-state index >= 15 is 0 Å². The van der Waals surface area contributed by atoms with Crippen molar-refractivity contribution in [2.45, 2.75) is 76.6 Å². The van der Waals surface area contributed by atoms with Crippen LogP contribution in [0, 0.1) is 17.1 Å². The summed E-state index contributed by atoms with van der Waals surface area (Å²) in [6.45, 7) is 8.87. The highest BCUT2D eigenvalue weighted by Crippen LogP contribution is 2.40. The van der Waals surface area contributed by atoms with Gasteiger partial charge in [-0.05, 0) is 33.3 Å². The zero-order chi connectivity index (χ0) is 35.7. The van der Waals surface area contributed by atoms with Gasteiger partial charge in [0.1, 0.15) is 29.8 Å². The lowest BCUT2D eigenvalue weighted by Gasteiger charge is -2.42. The summed E-state index contributed by atoms with van der Waals surface area (Å²) in [6.07, 6.45) is -4.18. The Labute approximate surface area is 280 Å². The number of hydrogen-bond acceptors (Lipinski definition) is 10. The zero-order valence-corrected chi connectivity index (χ0v) is 27.3. The van der Waals surface area contributed by atoms with Gasteiger partial charge in [-0.1, -0.05) is 6.58 Å². The van der Waals surface area contributed by atoms with Gasteiger partial charge in [-0.2, -0.15) is 28.4 Å². The van der Waals surface area contributed by atoms with E-state index in [9.17, 15) is 36.8 Å². The minimum Gasteiger partial charge on any atom is -0.461 e. The zero-order valence-electron chi connectivity index (χ0n) is 27.3. The number of aromatic nitrogens is 3. The molecule has 0 aromatic carbocycles. The van der Waals surface area contributed by atoms with Gasteiger partial charge in [0.25, 0.3) is 0 Å². The molecule has 3 aliphatic heterocycles. The summed E-state index contributed by atoms with van der Waals surface area (Å²) >= 11 is 0. The van der Waals surface area contributed by atoms with E-state index in [2.05, 4.69) is 27.6 Å². The normalized spacial score (nSPS) is 21.2. The van der Waals surface area contributed by atoms with Gasteiger partial charge in [-0.3, -0.25) is 14.7 Å². The molecular formula is C32H37F5N8O4. The molecule has 0 saturated carbocycles. The summed E-state index contributed by atoms with van der Waals surface area (Å²) in [5.74, 6) is -1.43. The Kier molecular flexibility index (Phi) is 10.2. The van der Waals surface area contributed by atoms with Crippen molar-refractivity contribution in [3.63, 3.8) is 0 Å². The fourth-order valence-electron chi connectivity index (χ4n) is 6.33.